The van der Waals surface area contributed by atoms with Gasteiger partial charge in [-0.3, -0.25) is 9.36 Å². The van der Waals surface area contributed by atoms with E-state index in [9.17, 15) is 4.79 Å². The molecule has 2 heterocycles. The first kappa shape index (κ1) is 18.4. The number of rotatable bonds is 7. The Balaban J connectivity index is 2.00. The third kappa shape index (κ3) is 4.23. The summed E-state index contributed by atoms with van der Waals surface area (Å²) in [4.78, 5) is 17.5. The fourth-order valence-corrected chi connectivity index (χ4v) is 3.24. The van der Waals surface area contributed by atoms with Crippen LogP contribution in [0.5, 0.6) is 0 Å². The first-order valence-electron chi connectivity index (χ1n) is 9.10. The Bertz CT molecular complexity index is 975. The Morgan fingerprint density at radius 2 is 2.00 bits per heavy atom. The van der Waals surface area contributed by atoms with Crippen LogP contribution in [-0.4, -0.2) is 9.55 Å². The van der Waals surface area contributed by atoms with E-state index in [4.69, 9.17) is 11.6 Å². The van der Waals surface area contributed by atoms with Crippen molar-refractivity contribution in [3.05, 3.63) is 76.2 Å². The van der Waals surface area contributed by atoms with E-state index in [1.807, 2.05) is 42.5 Å². The molecule has 0 aliphatic heterocycles. The predicted molar refractivity (Wildman–Crippen MR) is 110 cm³/mol. The van der Waals surface area contributed by atoms with Crippen molar-refractivity contribution >= 4 is 22.6 Å². The monoisotopic (exact) mass is 366 g/mol. The van der Waals surface area contributed by atoms with Crippen LogP contribution in [0.4, 0.5) is 0 Å². The van der Waals surface area contributed by atoms with Crippen molar-refractivity contribution in [3.63, 3.8) is 0 Å². The summed E-state index contributed by atoms with van der Waals surface area (Å²) in [6, 6.07) is 13.2. The maximum absolute atomic E-state index is 13.1. The molecule has 0 atom stereocenters. The molecule has 0 unspecified atom stereocenters. The topological polar surface area (TPSA) is 34.9 Å². The zero-order valence-electron chi connectivity index (χ0n) is 15.0. The molecule has 0 saturated carbocycles. The fraction of sp³-hybridized carbons (Fsp3) is 0.273. The number of nitrogens with zero attached hydrogens (tertiary/aromatic N) is 2. The van der Waals surface area contributed by atoms with Gasteiger partial charge in [-0.15, -0.1) is 0 Å². The van der Waals surface area contributed by atoms with Crippen LogP contribution in [0.3, 0.4) is 0 Å². The van der Waals surface area contributed by atoms with Crippen molar-refractivity contribution in [2.24, 2.45) is 0 Å². The highest BCUT2D eigenvalue weighted by atomic mass is 35.5. The number of hydrogen-bond acceptors (Lipinski definition) is 2. The number of pyridine rings is 2. The Morgan fingerprint density at radius 1 is 1.12 bits per heavy atom. The Labute approximate surface area is 159 Å². The van der Waals surface area contributed by atoms with Crippen molar-refractivity contribution in [3.8, 4) is 11.1 Å². The Hall–Kier alpha value is -2.39. The SMILES string of the molecule is CCCCCC=CCn1c(=O)c(-c2cccc(Cl)c2)cc2cccnc21. The van der Waals surface area contributed by atoms with Gasteiger partial charge in [-0.25, -0.2) is 4.98 Å². The summed E-state index contributed by atoms with van der Waals surface area (Å²) in [6.45, 7) is 2.72. The fourth-order valence-electron chi connectivity index (χ4n) is 3.05. The Kier molecular flexibility index (Phi) is 6.24. The van der Waals surface area contributed by atoms with E-state index in [0.717, 1.165) is 17.4 Å². The van der Waals surface area contributed by atoms with Crippen LogP contribution in [0.2, 0.25) is 5.02 Å². The maximum atomic E-state index is 13.1. The minimum absolute atomic E-state index is 0.0447. The summed E-state index contributed by atoms with van der Waals surface area (Å²) < 4.78 is 1.74. The quantitative estimate of drug-likeness (QED) is 0.388. The number of unbranched alkanes of at least 4 members (excludes halogenated alkanes) is 3. The number of allylic oxidation sites excluding steroid dienone is 2. The molecule has 0 N–H and O–H groups in total. The molecule has 0 amide bonds. The number of aromatic nitrogens is 2. The summed E-state index contributed by atoms with van der Waals surface area (Å²) in [7, 11) is 0. The average Bonchev–Trinajstić information content (AvgIpc) is 2.65. The normalized spacial score (nSPS) is 11.5. The van der Waals surface area contributed by atoms with E-state index in [1.54, 1.807) is 10.8 Å². The van der Waals surface area contributed by atoms with Crippen molar-refractivity contribution in [1.82, 2.24) is 9.55 Å². The van der Waals surface area contributed by atoms with E-state index in [0.29, 0.717) is 22.8 Å². The van der Waals surface area contributed by atoms with Gasteiger partial charge < -0.3 is 0 Å². The lowest BCUT2D eigenvalue weighted by atomic mass is 10.1. The van der Waals surface area contributed by atoms with E-state index in [2.05, 4.69) is 24.1 Å². The van der Waals surface area contributed by atoms with Gasteiger partial charge in [-0.1, -0.05) is 55.7 Å². The minimum Gasteiger partial charge on any atom is -0.288 e. The van der Waals surface area contributed by atoms with Gasteiger partial charge in [0.1, 0.15) is 5.65 Å². The second-order valence-electron chi connectivity index (χ2n) is 6.37. The molecule has 3 nitrogen and oxygen atoms in total. The zero-order valence-corrected chi connectivity index (χ0v) is 15.7. The van der Waals surface area contributed by atoms with Crippen LogP contribution in [0, 0.1) is 0 Å². The third-order valence-electron chi connectivity index (χ3n) is 4.41. The minimum atomic E-state index is -0.0447. The van der Waals surface area contributed by atoms with Crippen LogP contribution in [0.15, 0.2) is 65.6 Å². The molecule has 0 radical (unpaired) electrons. The van der Waals surface area contributed by atoms with Gasteiger partial charge in [0.15, 0.2) is 0 Å². The third-order valence-corrected chi connectivity index (χ3v) is 4.65. The van der Waals surface area contributed by atoms with Gasteiger partial charge in [-0.2, -0.15) is 0 Å². The summed E-state index contributed by atoms with van der Waals surface area (Å²) in [5.41, 5.74) is 2.14. The molecule has 0 fully saturated rings. The number of halogens is 1. The number of benzene rings is 1. The van der Waals surface area contributed by atoms with Gasteiger partial charge in [0, 0.05) is 28.7 Å². The van der Waals surface area contributed by atoms with E-state index < -0.39 is 0 Å². The molecule has 0 saturated heterocycles. The van der Waals surface area contributed by atoms with Gasteiger partial charge >= 0.3 is 0 Å². The van der Waals surface area contributed by atoms with Gasteiger partial charge in [0.25, 0.3) is 5.56 Å². The Morgan fingerprint density at radius 3 is 2.81 bits per heavy atom. The molecular formula is C22H23ClN2O. The van der Waals surface area contributed by atoms with Gasteiger partial charge in [0.2, 0.25) is 0 Å². The molecule has 134 valence electrons. The average molecular weight is 367 g/mol. The molecule has 3 rings (SSSR count). The molecule has 2 aromatic heterocycles. The molecule has 26 heavy (non-hydrogen) atoms. The second kappa shape index (κ2) is 8.81. The number of hydrogen-bond donors (Lipinski definition) is 0. The largest absolute Gasteiger partial charge is 0.288 e. The van der Waals surface area contributed by atoms with Crippen molar-refractivity contribution in [2.45, 2.75) is 39.2 Å². The van der Waals surface area contributed by atoms with E-state index >= 15 is 0 Å². The summed E-state index contributed by atoms with van der Waals surface area (Å²) >= 11 is 6.12. The summed E-state index contributed by atoms with van der Waals surface area (Å²) in [6.07, 6.45) is 10.6. The lowest BCUT2D eigenvalue weighted by molar-refractivity contribution is 0.725. The van der Waals surface area contributed by atoms with Crippen molar-refractivity contribution in [2.75, 3.05) is 0 Å². The van der Waals surface area contributed by atoms with Crippen molar-refractivity contribution < 1.29 is 0 Å². The van der Waals surface area contributed by atoms with Crippen LogP contribution in [0.1, 0.15) is 32.6 Å². The number of fused-ring (bicyclic) bond motifs is 1. The van der Waals surface area contributed by atoms with Crippen LogP contribution >= 0.6 is 11.6 Å². The molecule has 3 aromatic rings. The molecule has 0 aliphatic rings. The molecular weight excluding hydrogens is 344 g/mol. The smallest absolute Gasteiger partial charge is 0.260 e. The van der Waals surface area contributed by atoms with E-state index in [1.165, 1.54) is 19.3 Å². The molecule has 0 aliphatic carbocycles. The standard InChI is InChI=1S/C22H23ClN2O/c1-2-3-4-5-6-7-14-25-21-18(11-9-13-24-21)16-20(22(25)26)17-10-8-12-19(23)15-17/h6-13,15-16H,2-5,14H2,1H3. The summed E-state index contributed by atoms with van der Waals surface area (Å²) in [5.74, 6) is 0. The summed E-state index contributed by atoms with van der Waals surface area (Å²) in [5, 5.41) is 1.57. The molecule has 0 spiro atoms. The molecule has 1 aromatic carbocycles. The highest BCUT2D eigenvalue weighted by Gasteiger charge is 2.11. The second-order valence-corrected chi connectivity index (χ2v) is 6.80. The lowest BCUT2D eigenvalue weighted by Crippen LogP contribution is -2.22. The first-order chi connectivity index (χ1) is 12.7. The van der Waals surface area contributed by atoms with E-state index in [-0.39, 0.29) is 5.56 Å². The zero-order chi connectivity index (χ0) is 18.4. The van der Waals surface area contributed by atoms with Crippen LogP contribution in [-0.2, 0) is 6.54 Å². The highest BCUT2D eigenvalue weighted by molar-refractivity contribution is 6.30. The maximum Gasteiger partial charge on any atom is 0.260 e. The van der Waals surface area contributed by atoms with Crippen molar-refractivity contribution in [1.29, 1.82) is 0 Å². The first-order valence-corrected chi connectivity index (χ1v) is 9.48. The van der Waals surface area contributed by atoms with Crippen LogP contribution < -0.4 is 5.56 Å². The molecule has 4 heteroatoms. The predicted octanol–water partition coefficient (Wildman–Crippen LogP) is 5.85. The van der Waals surface area contributed by atoms with Gasteiger partial charge in [-0.05, 0) is 48.7 Å². The molecule has 0 bridgehead atoms. The van der Waals surface area contributed by atoms with Gasteiger partial charge in [0.05, 0.1) is 0 Å². The van der Waals surface area contributed by atoms with Crippen LogP contribution in [0.25, 0.3) is 22.2 Å². The lowest BCUT2D eigenvalue weighted by Gasteiger charge is -2.11. The highest BCUT2D eigenvalue weighted by Crippen LogP contribution is 2.23.